The van der Waals surface area contributed by atoms with Crippen LogP contribution in [0.4, 0.5) is 0 Å². The Labute approximate surface area is 128 Å². The highest BCUT2D eigenvalue weighted by molar-refractivity contribution is 7.12. The third-order valence-corrected chi connectivity index (χ3v) is 6.79. The highest BCUT2D eigenvalue weighted by atomic mass is 35.5. The van der Waals surface area contributed by atoms with E-state index in [0.717, 1.165) is 29.7 Å². The fraction of sp³-hybridized carbons (Fsp3) is 0.688. The first-order valence-electron chi connectivity index (χ1n) is 7.57. The van der Waals surface area contributed by atoms with E-state index in [1.165, 1.54) is 43.4 Å². The highest BCUT2D eigenvalue weighted by Gasteiger charge is 2.56. The molecule has 2 nitrogen and oxygen atoms in total. The molecule has 0 saturated heterocycles. The number of carbonyl (C=O) groups is 1. The van der Waals surface area contributed by atoms with E-state index in [4.69, 9.17) is 11.6 Å². The van der Waals surface area contributed by atoms with E-state index in [2.05, 4.69) is 5.32 Å². The summed E-state index contributed by atoms with van der Waals surface area (Å²) in [6.45, 7) is 0.811. The van der Waals surface area contributed by atoms with Crippen LogP contribution in [0.2, 0.25) is 0 Å². The average molecular weight is 310 g/mol. The molecule has 1 N–H and O–H groups in total. The van der Waals surface area contributed by atoms with Crippen molar-refractivity contribution < 1.29 is 4.79 Å². The van der Waals surface area contributed by atoms with E-state index in [1.54, 1.807) is 0 Å². The van der Waals surface area contributed by atoms with Crippen LogP contribution in [0, 0.1) is 17.3 Å². The molecule has 0 aromatic carbocycles. The summed E-state index contributed by atoms with van der Waals surface area (Å²) in [6.07, 6.45) is 7.40. The number of rotatable bonds is 3. The second-order valence-corrected chi connectivity index (χ2v) is 9.02. The topological polar surface area (TPSA) is 29.1 Å². The Morgan fingerprint density at radius 2 is 2.10 bits per heavy atom. The lowest BCUT2D eigenvalue weighted by atomic mass is 9.49. The van der Waals surface area contributed by atoms with E-state index in [-0.39, 0.29) is 16.2 Å². The monoisotopic (exact) mass is 309 g/mol. The van der Waals surface area contributed by atoms with Crippen LogP contribution in [0.1, 0.15) is 48.2 Å². The summed E-state index contributed by atoms with van der Waals surface area (Å²) < 4.78 is 0. The van der Waals surface area contributed by atoms with Gasteiger partial charge in [-0.2, -0.15) is 0 Å². The molecule has 1 aromatic heterocycles. The van der Waals surface area contributed by atoms with Crippen molar-refractivity contribution >= 4 is 28.8 Å². The van der Waals surface area contributed by atoms with Crippen LogP contribution in [0.25, 0.3) is 0 Å². The molecule has 0 spiro atoms. The van der Waals surface area contributed by atoms with Gasteiger partial charge in [-0.05, 0) is 67.2 Å². The van der Waals surface area contributed by atoms with Crippen molar-refractivity contribution in [1.29, 1.82) is 0 Å². The molecule has 4 fully saturated rings. The third-order valence-electron chi connectivity index (χ3n) is 5.48. The predicted octanol–water partition coefficient (Wildman–Crippen LogP) is 4.06. The smallest absolute Gasteiger partial charge is 0.261 e. The van der Waals surface area contributed by atoms with Gasteiger partial charge in [-0.1, -0.05) is 6.07 Å². The van der Waals surface area contributed by atoms with Crippen LogP contribution in [0.3, 0.4) is 0 Å². The standard InChI is InChI=1S/C16H20ClNOS/c17-16-7-11-4-12(8-16)6-15(5-11,9-16)10-18-14(19)13-2-1-3-20-13/h1-3,11-12H,4-10H2,(H,18,19)/t11-,12+,15?,16?. The minimum atomic E-state index is 0.0394. The minimum Gasteiger partial charge on any atom is -0.351 e. The van der Waals surface area contributed by atoms with Gasteiger partial charge in [-0.3, -0.25) is 4.79 Å². The molecule has 0 aliphatic heterocycles. The van der Waals surface area contributed by atoms with Gasteiger partial charge < -0.3 is 5.32 Å². The molecule has 1 amide bonds. The lowest BCUT2D eigenvalue weighted by molar-refractivity contribution is -0.0379. The van der Waals surface area contributed by atoms with Gasteiger partial charge in [0.1, 0.15) is 0 Å². The van der Waals surface area contributed by atoms with Crippen LogP contribution < -0.4 is 5.32 Å². The summed E-state index contributed by atoms with van der Waals surface area (Å²) in [4.78, 5) is 13.0. The van der Waals surface area contributed by atoms with E-state index in [9.17, 15) is 4.79 Å². The van der Waals surface area contributed by atoms with Gasteiger partial charge in [-0.25, -0.2) is 0 Å². The van der Waals surface area contributed by atoms with E-state index < -0.39 is 0 Å². The van der Waals surface area contributed by atoms with Crippen molar-refractivity contribution in [3.8, 4) is 0 Å². The van der Waals surface area contributed by atoms with Gasteiger partial charge in [0.25, 0.3) is 5.91 Å². The van der Waals surface area contributed by atoms with Gasteiger partial charge in [0.15, 0.2) is 0 Å². The summed E-state index contributed by atoms with van der Waals surface area (Å²) in [5.74, 6) is 1.68. The maximum absolute atomic E-state index is 12.1. The molecular formula is C16H20ClNOS. The summed E-state index contributed by atoms with van der Waals surface area (Å²) >= 11 is 8.33. The second-order valence-electron chi connectivity index (χ2n) is 7.27. The van der Waals surface area contributed by atoms with Crippen LogP contribution in [0.5, 0.6) is 0 Å². The first kappa shape index (κ1) is 13.1. The average Bonchev–Trinajstić information content (AvgIpc) is 2.86. The number of carbonyl (C=O) groups excluding carboxylic acids is 1. The number of halogens is 1. The van der Waals surface area contributed by atoms with Gasteiger partial charge in [0, 0.05) is 11.4 Å². The van der Waals surface area contributed by atoms with Crippen LogP contribution in [0.15, 0.2) is 17.5 Å². The maximum atomic E-state index is 12.1. The normalized spacial score (nSPS) is 41.9. The van der Waals surface area contributed by atoms with Crippen molar-refractivity contribution in [3.63, 3.8) is 0 Å². The molecule has 1 aromatic rings. The Morgan fingerprint density at radius 3 is 2.70 bits per heavy atom. The number of thiophene rings is 1. The van der Waals surface area contributed by atoms with Crippen LogP contribution in [-0.2, 0) is 0 Å². The van der Waals surface area contributed by atoms with E-state index >= 15 is 0 Å². The van der Waals surface area contributed by atoms with E-state index in [0.29, 0.717) is 0 Å². The molecular weight excluding hydrogens is 290 g/mol. The predicted molar refractivity (Wildman–Crippen MR) is 82.4 cm³/mol. The van der Waals surface area contributed by atoms with Crippen molar-refractivity contribution in [3.05, 3.63) is 22.4 Å². The second kappa shape index (κ2) is 4.48. The first-order valence-corrected chi connectivity index (χ1v) is 8.82. The fourth-order valence-corrected chi connectivity index (χ4v) is 6.67. The quantitative estimate of drug-likeness (QED) is 0.838. The van der Waals surface area contributed by atoms with Crippen LogP contribution in [-0.4, -0.2) is 17.3 Å². The molecule has 5 rings (SSSR count). The molecule has 20 heavy (non-hydrogen) atoms. The van der Waals surface area contributed by atoms with Crippen molar-refractivity contribution in [2.24, 2.45) is 17.3 Å². The number of nitrogens with one attached hydrogen (secondary N) is 1. The van der Waals surface area contributed by atoms with Gasteiger partial charge in [-0.15, -0.1) is 22.9 Å². The number of hydrogen-bond acceptors (Lipinski definition) is 2. The Hall–Kier alpha value is -0.540. The first-order chi connectivity index (χ1) is 9.56. The molecule has 2 unspecified atom stereocenters. The molecule has 4 aliphatic carbocycles. The molecule has 4 heteroatoms. The van der Waals surface area contributed by atoms with Gasteiger partial charge in [0.05, 0.1) is 4.88 Å². The molecule has 4 saturated carbocycles. The molecule has 108 valence electrons. The largest absolute Gasteiger partial charge is 0.351 e. The Kier molecular flexibility index (Phi) is 2.94. The lowest BCUT2D eigenvalue weighted by Gasteiger charge is -2.60. The lowest BCUT2D eigenvalue weighted by Crippen LogP contribution is -2.56. The van der Waals surface area contributed by atoms with E-state index in [1.807, 2.05) is 17.5 Å². The van der Waals surface area contributed by atoms with Crippen molar-refractivity contribution in [2.75, 3.05) is 6.54 Å². The SMILES string of the molecule is O=C(NCC12C[C@@H]3C[C@@H](CC(Cl)(C3)C1)C2)c1cccs1. The highest BCUT2D eigenvalue weighted by Crippen LogP contribution is 2.63. The Balaban J connectivity index is 1.47. The third kappa shape index (κ3) is 2.19. The number of amides is 1. The number of hydrogen-bond donors (Lipinski definition) is 1. The fourth-order valence-electron chi connectivity index (χ4n) is 5.31. The van der Waals surface area contributed by atoms with Gasteiger partial charge >= 0.3 is 0 Å². The zero-order chi connectivity index (χ0) is 13.8. The summed E-state index contributed by atoms with van der Waals surface area (Å²) in [5.41, 5.74) is 0.277. The van der Waals surface area contributed by atoms with Crippen LogP contribution >= 0.6 is 22.9 Å². The number of alkyl halides is 1. The zero-order valence-corrected chi connectivity index (χ0v) is 13.1. The van der Waals surface area contributed by atoms with Crippen molar-refractivity contribution in [2.45, 2.75) is 43.4 Å². The molecule has 1 heterocycles. The Morgan fingerprint density at radius 1 is 1.35 bits per heavy atom. The summed E-state index contributed by atoms with van der Waals surface area (Å²) in [5, 5.41) is 5.12. The maximum Gasteiger partial charge on any atom is 0.261 e. The molecule has 4 bridgehead atoms. The summed E-state index contributed by atoms with van der Waals surface area (Å²) in [6, 6.07) is 3.82. The summed E-state index contributed by atoms with van der Waals surface area (Å²) in [7, 11) is 0. The minimum absolute atomic E-state index is 0.0394. The molecule has 4 atom stereocenters. The van der Waals surface area contributed by atoms with Gasteiger partial charge in [0.2, 0.25) is 0 Å². The molecule has 4 aliphatic rings. The zero-order valence-electron chi connectivity index (χ0n) is 11.5. The molecule has 0 radical (unpaired) electrons. The van der Waals surface area contributed by atoms with Crippen molar-refractivity contribution in [1.82, 2.24) is 5.32 Å². The Bertz CT molecular complexity index is 513.